The first-order chi connectivity index (χ1) is 13.2. The number of pyridine rings is 1. The van der Waals surface area contributed by atoms with Crippen LogP contribution in [-0.4, -0.2) is 46.2 Å². The lowest BCUT2D eigenvalue weighted by Gasteiger charge is -2.10. The number of carbonyl (C=O) groups is 2. The summed E-state index contributed by atoms with van der Waals surface area (Å²) in [4.78, 5) is 32.2. The van der Waals surface area contributed by atoms with Crippen molar-refractivity contribution in [3.63, 3.8) is 0 Å². The van der Waals surface area contributed by atoms with Gasteiger partial charge in [-0.3, -0.25) is 4.79 Å². The van der Waals surface area contributed by atoms with Crippen molar-refractivity contribution in [1.29, 1.82) is 0 Å². The molecule has 0 atom stereocenters. The van der Waals surface area contributed by atoms with Gasteiger partial charge in [-0.1, -0.05) is 30.3 Å². The molecule has 2 N–H and O–H groups in total. The fourth-order valence-corrected chi connectivity index (χ4v) is 2.69. The molecule has 0 fully saturated rings. The van der Waals surface area contributed by atoms with E-state index in [4.69, 9.17) is 4.74 Å². The maximum Gasteiger partial charge on any atom is 0.325 e. The minimum atomic E-state index is -0.469. The molecule has 3 rings (SSSR count). The van der Waals surface area contributed by atoms with Crippen LogP contribution < -0.4 is 10.6 Å². The van der Waals surface area contributed by atoms with Gasteiger partial charge in [-0.05, 0) is 19.1 Å². The second-order valence-electron chi connectivity index (χ2n) is 5.71. The molecule has 1 aromatic carbocycles. The van der Waals surface area contributed by atoms with Gasteiger partial charge < -0.3 is 19.9 Å². The van der Waals surface area contributed by atoms with Gasteiger partial charge in [0.1, 0.15) is 17.9 Å². The number of benzene rings is 1. The smallest absolute Gasteiger partial charge is 0.325 e. The highest BCUT2D eigenvalue weighted by Crippen LogP contribution is 2.23. The van der Waals surface area contributed by atoms with Crippen LogP contribution in [0.5, 0.6) is 0 Å². The first-order valence-corrected chi connectivity index (χ1v) is 8.73. The van der Waals surface area contributed by atoms with Crippen LogP contribution in [0.3, 0.4) is 0 Å². The number of fused-ring (bicyclic) bond motifs is 1. The molecular formula is C19H21N5O3. The highest BCUT2D eigenvalue weighted by Gasteiger charge is 2.13. The van der Waals surface area contributed by atoms with Crippen LogP contribution >= 0.6 is 0 Å². The summed E-state index contributed by atoms with van der Waals surface area (Å²) in [7, 11) is 0. The Balaban J connectivity index is 1.68. The number of hydrogen-bond donors (Lipinski definition) is 2. The van der Waals surface area contributed by atoms with Gasteiger partial charge in [0.25, 0.3) is 0 Å². The van der Waals surface area contributed by atoms with E-state index < -0.39 is 12.0 Å². The highest BCUT2D eigenvalue weighted by molar-refractivity contribution is 5.81. The molecule has 2 heterocycles. The first kappa shape index (κ1) is 18.4. The van der Waals surface area contributed by atoms with Gasteiger partial charge >= 0.3 is 12.0 Å². The largest absolute Gasteiger partial charge is 0.465 e. The van der Waals surface area contributed by atoms with Gasteiger partial charge in [0, 0.05) is 24.8 Å². The maximum atomic E-state index is 11.8. The molecule has 0 aliphatic rings. The number of ether oxygens (including phenoxy) is 1. The van der Waals surface area contributed by atoms with E-state index in [-0.39, 0.29) is 13.2 Å². The van der Waals surface area contributed by atoms with Crippen LogP contribution in [0.1, 0.15) is 6.92 Å². The molecule has 140 valence electrons. The van der Waals surface area contributed by atoms with Crippen LogP contribution in [0.4, 0.5) is 4.79 Å². The zero-order valence-electron chi connectivity index (χ0n) is 15.0. The van der Waals surface area contributed by atoms with Crippen molar-refractivity contribution in [3.05, 3.63) is 48.7 Å². The Morgan fingerprint density at radius 3 is 2.70 bits per heavy atom. The predicted octanol–water partition coefficient (Wildman–Crippen LogP) is 1.96. The Bertz CT molecular complexity index is 923. The minimum absolute atomic E-state index is 0.162. The lowest BCUT2D eigenvalue weighted by atomic mass is 10.2. The standard InChI is InChI=1S/C19H21N5O3/c1-2-27-16(25)13-22-19(26)21-11-12-24-17(14-7-4-3-5-8-14)23-15-9-6-10-20-18(15)24/h3-10H,2,11-13H2,1H3,(H2,21,22,26). The van der Waals surface area contributed by atoms with E-state index in [9.17, 15) is 9.59 Å². The molecule has 8 heteroatoms. The average Bonchev–Trinajstić information content (AvgIpc) is 3.06. The molecule has 0 spiro atoms. The zero-order valence-corrected chi connectivity index (χ0v) is 15.0. The molecule has 2 aromatic heterocycles. The molecular weight excluding hydrogens is 346 g/mol. The van der Waals surface area contributed by atoms with Gasteiger partial charge in [0.2, 0.25) is 0 Å². The lowest BCUT2D eigenvalue weighted by molar-refractivity contribution is -0.141. The van der Waals surface area contributed by atoms with E-state index in [1.807, 2.05) is 47.0 Å². The number of imidazole rings is 1. The summed E-state index contributed by atoms with van der Waals surface area (Å²) >= 11 is 0. The first-order valence-electron chi connectivity index (χ1n) is 8.73. The fraction of sp³-hybridized carbons (Fsp3) is 0.263. The number of nitrogens with zero attached hydrogens (tertiary/aromatic N) is 3. The number of rotatable bonds is 7. The van der Waals surface area contributed by atoms with Gasteiger partial charge in [-0.2, -0.15) is 0 Å². The summed E-state index contributed by atoms with van der Waals surface area (Å²) < 4.78 is 6.74. The third-order valence-corrected chi connectivity index (χ3v) is 3.86. The molecule has 0 aliphatic carbocycles. The van der Waals surface area contributed by atoms with Crippen molar-refractivity contribution >= 4 is 23.2 Å². The second-order valence-corrected chi connectivity index (χ2v) is 5.71. The summed E-state index contributed by atoms with van der Waals surface area (Å²) in [6.45, 7) is 2.68. The van der Waals surface area contributed by atoms with Crippen molar-refractivity contribution in [2.24, 2.45) is 0 Å². The summed E-state index contributed by atoms with van der Waals surface area (Å²) in [5.41, 5.74) is 2.52. The van der Waals surface area contributed by atoms with E-state index in [2.05, 4.69) is 20.6 Å². The number of esters is 1. The third-order valence-electron chi connectivity index (χ3n) is 3.86. The summed E-state index contributed by atoms with van der Waals surface area (Å²) in [6.07, 6.45) is 1.72. The Labute approximate surface area is 156 Å². The van der Waals surface area contributed by atoms with Crippen LogP contribution in [0, 0.1) is 0 Å². The summed E-state index contributed by atoms with van der Waals surface area (Å²) in [5.74, 6) is 0.321. The van der Waals surface area contributed by atoms with Crippen LogP contribution in [0.15, 0.2) is 48.7 Å². The molecule has 27 heavy (non-hydrogen) atoms. The average molecular weight is 367 g/mol. The molecule has 0 saturated heterocycles. The SMILES string of the molecule is CCOC(=O)CNC(=O)NCCn1c(-c2ccccc2)nc2cccnc21. The topological polar surface area (TPSA) is 98.1 Å². The Morgan fingerprint density at radius 2 is 1.93 bits per heavy atom. The van der Waals surface area contributed by atoms with E-state index >= 15 is 0 Å². The van der Waals surface area contributed by atoms with E-state index in [0.717, 1.165) is 22.6 Å². The van der Waals surface area contributed by atoms with E-state index in [1.54, 1.807) is 13.1 Å². The highest BCUT2D eigenvalue weighted by atomic mass is 16.5. The third kappa shape index (κ3) is 4.60. The Hall–Kier alpha value is -3.42. The van der Waals surface area contributed by atoms with Crippen molar-refractivity contribution in [2.45, 2.75) is 13.5 Å². The minimum Gasteiger partial charge on any atom is -0.465 e. The molecule has 2 amide bonds. The number of urea groups is 1. The Morgan fingerprint density at radius 1 is 1.11 bits per heavy atom. The van der Waals surface area contributed by atoms with Crippen molar-refractivity contribution in [1.82, 2.24) is 25.2 Å². The van der Waals surface area contributed by atoms with Gasteiger partial charge in [-0.15, -0.1) is 0 Å². The molecule has 8 nitrogen and oxygen atoms in total. The van der Waals surface area contributed by atoms with Gasteiger partial charge in [0.15, 0.2) is 5.65 Å². The fourth-order valence-electron chi connectivity index (χ4n) is 2.69. The monoisotopic (exact) mass is 367 g/mol. The van der Waals surface area contributed by atoms with Crippen molar-refractivity contribution < 1.29 is 14.3 Å². The number of nitrogens with one attached hydrogen (secondary N) is 2. The summed E-state index contributed by atoms with van der Waals surface area (Å²) in [6, 6.07) is 13.1. The number of carbonyl (C=O) groups excluding carboxylic acids is 2. The normalized spacial score (nSPS) is 10.6. The quantitative estimate of drug-likeness (QED) is 0.622. The second kappa shape index (κ2) is 8.79. The van der Waals surface area contributed by atoms with Crippen LogP contribution in [0.2, 0.25) is 0 Å². The molecule has 0 aliphatic heterocycles. The summed E-state index contributed by atoms with van der Waals surface area (Å²) in [5, 5.41) is 5.19. The zero-order chi connectivity index (χ0) is 19.1. The molecule has 0 unspecified atom stereocenters. The maximum absolute atomic E-state index is 11.8. The lowest BCUT2D eigenvalue weighted by Crippen LogP contribution is -2.40. The molecule has 0 saturated carbocycles. The van der Waals surface area contributed by atoms with E-state index in [1.165, 1.54) is 0 Å². The van der Waals surface area contributed by atoms with Crippen LogP contribution in [-0.2, 0) is 16.1 Å². The number of aromatic nitrogens is 3. The van der Waals surface area contributed by atoms with Crippen LogP contribution in [0.25, 0.3) is 22.6 Å². The van der Waals surface area contributed by atoms with Gasteiger partial charge in [-0.25, -0.2) is 14.8 Å². The molecule has 0 bridgehead atoms. The molecule has 0 radical (unpaired) electrons. The number of hydrogen-bond acceptors (Lipinski definition) is 5. The van der Waals surface area contributed by atoms with Crippen molar-refractivity contribution in [2.75, 3.05) is 19.7 Å². The Kier molecular flexibility index (Phi) is 5.98. The van der Waals surface area contributed by atoms with E-state index in [0.29, 0.717) is 13.1 Å². The predicted molar refractivity (Wildman–Crippen MR) is 101 cm³/mol. The van der Waals surface area contributed by atoms with Crippen molar-refractivity contribution in [3.8, 4) is 11.4 Å². The van der Waals surface area contributed by atoms with Gasteiger partial charge in [0.05, 0.1) is 6.61 Å². The number of amides is 2. The molecule has 3 aromatic rings.